The van der Waals surface area contributed by atoms with Crippen molar-refractivity contribution in [3.63, 3.8) is 0 Å². The summed E-state index contributed by atoms with van der Waals surface area (Å²) in [4.78, 5) is 104. The molecule has 2 rings (SSSR count). The smallest absolute Gasteiger partial charge is 0.243 e. The molecule has 356 valence electrons. The lowest BCUT2D eigenvalue weighted by Crippen LogP contribution is -2.52. The van der Waals surface area contributed by atoms with Crippen LogP contribution in [0.2, 0.25) is 0 Å². The van der Waals surface area contributed by atoms with Crippen LogP contribution in [0.5, 0.6) is 0 Å². The normalized spacial score (nSPS) is 11.9. The molecule has 0 aliphatic heterocycles. The van der Waals surface area contributed by atoms with Crippen LogP contribution >= 0.6 is 0 Å². The van der Waals surface area contributed by atoms with E-state index in [1.807, 2.05) is 60.7 Å². The van der Waals surface area contributed by atoms with E-state index in [9.17, 15) is 33.6 Å². The Bertz CT molecular complexity index is 1740. The maximum Gasteiger partial charge on any atom is 0.243 e. The molecule has 0 saturated heterocycles. The van der Waals surface area contributed by atoms with E-state index in [0.29, 0.717) is 84.1 Å². The first kappa shape index (κ1) is 54.7. The highest BCUT2D eigenvalue weighted by Gasteiger charge is 2.32. The Morgan fingerprint density at radius 1 is 0.422 bits per heavy atom. The summed E-state index contributed by atoms with van der Waals surface area (Å²) in [5.74, 6) is -3.45. The minimum Gasteiger partial charge on any atom is -0.368 e. The lowest BCUT2D eigenvalue weighted by molar-refractivity contribution is -0.149. The van der Waals surface area contributed by atoms with Gasteiger partial charge in [0.2, 0.25) is 41.4 Å². The summed E-state index contributed by atoms with van der Waals surface area (Å²) in [6.07, 6.45) is 4.52. The first-order valence-electron chi connectivity index (χ1n) is 22.5. The van der Waals surface area contributed by atoms with Crippen LogP contribution in [0.4, 0.5) is 0 Å². The minimum atomic E-state index is -0.712. The molecule has 18 heteroatoms. The van der Waals surface area contributed by atoms with Gasteiger partial charge >= 0.3 is 0 Å². The Balaban J connectivity index is 2.49. The predicted molar refractivity (Wildman–Crippen MR) is 247 cm³/mol. The number of carbonyl (C=O) groups is 7. The van der Waals surface area contributed by atoms with E-state index in [1.165, 1.54) is 36.3 Å². The van der Waals surface area contributed by atoms with Crippen LogP contribution in [0.25, 0.3) is 0 Å². The van der Waals surface area contributed by atoms with Gasteiger partial charge < -0.3 is 58.1 Å². The highest BCUT2D eigenvalue weighted by atomic mass is 16.2. The summed E-state index contributed by atoms with van der Waals surface area (Å²) < 4.78 is 0. The molecule has 2 aromatic rings. The van der Waals surface area contributed by atoms with Gasteiger partial charge in [0, 0.05) is 33.1 Å². The zero-order valence-electron chi connectivity index (χ0n) is 38.4. The lowest BCUT2D eigenvalue weighted by Gasteiger charge is -2.35. The van der Waals surface area contributed by atoms with E-state index in [4.69, 9.17) is 28.7 Å². The molecule has 64 heavy (non-hydrogen) atoms. The second-order valence-corrected chi connectivity index (χ2v) is 16.1. The summed E-state index contributed by atoms with van der Waals surface area (Å²) in [5.41, 5.74) is 30.1. The fourth-order valence-electron chi connectivity index (χ4n) is 7.17. The van der Waals surface area contributed by atoms with E-state index in [-0.39, 0.29) is 51.7 Å². The van der Waals surface area contributed by atoms with Gasteiger partial charge in [-0.3, -0.25) is 33.6 Å². The van der Waals surface area contributed by atoms with Crippen LogP contribution in [0.15, 0.2) is 60.7 Å². The van der Waals surface area contributed by atoms with Gasteiger partial charge in [-0.05, 0) is 103 Å². The number of carbonyl (C=O) groups excluding carboxylic acids is 7. The molecule has 0 heterocycles. The third-order valence-electron chi connectivity index (χ3n) is 11.1. The number of nitrogens with two attached hydrogens (primary N) is 5. The molecular formula is C46H75N11O7. The van der Waals surface area contributed by atoms with Crippen molar-refractivity contribution < 1.29 is 33.6 Å². The van der Waals surface area contributed by atoms with Crippen LogP contribution in [0.3, 0.4) is 0 Å². The van der Waals surface area contributed by atoms with E-state index < -0.39 is 60.6 Å². The van der Waals surface area contributed by atoms with Crippen molar-refractivity contribution in [3.8, 4) is 0 Å². The van der Waals surface area contributed by atoms with E-state index >= 15 is 0 Å². The van der Waals surface area contributed by atoms with Crippen molar-refractivity contribution in [2.24, 2.45) is 28.7 Å². The topological polar surface area (TPSA) is 269 Å². The van der Waals surface area contributed by atoms with Crippen molar-refractivity contribution >= 4 is 41.4 Å². The number of nitrogens with zero attached hydrogens (tertiary/aromatic N) is 6. The second-order valence-electron chi connectivity index (χ2n) is 16.1. The Hall–Kier alpha value is -5.43. The van der Waals surface area contributed by atoms with Crippen molar-refractivity contribution in [2.75, 3.05) is 91.6 Å². The number of amides is 7. The number of hydrogen-bond donors (Lipinski definition) is 5. The third-order valence-corrected chi connectivity index (χ3v) is 11.1. The molecule has 0 fully saturated rings. The third kappa shape index (κ3) is 19.5. The van der Waals surface area contributed by atoms with E-state index in [1.54, 1.807) is 13.8 Å². The largest absolute Gasteiger partial charge is 0.368 e. The molecule has 18 nitrogen and oxygen atoms in total. The Kier molecular flexibility index (Phi) is 26.2. The Labute approximate surface area is 379 Å². The minimum absolute atomic E-state index is 0.152. The van der Waals surface area contributed by atoms with Crippen molar-refractivity contribution in [1.82, 2.24) is 29.4 Å². The van der Waals surface area contributed by atoms with Crippen LogP contribution in [-0.4, -0.2) is 162 Å². The predicted octanol–water partition coefficient (Wildman–Crippen LogP) is 0.941. The fourth-order valence-corrected chi connectivity index (χ4v) is 7.17. The van der Waals surface area contributed by atoms with Gasteiger partial charge in [0.05, 0.1) is 44.8 Å². The summed E-state index contributed by atoms with van der Waals surface area (Å²) in [7, 11) is 0. The highest BCUT2D eigenvalue weighted by molar-refractivity contribution is 5.93. The van der Waals surface area contributed by atoms with Crippen LogP contribution < -0.4 is 28.7 Å². The van der Waals surface area contributed by atoms with Crippen molar-refractivity contribution in [2.45, 2.75) is 84.2 Å². The maximum absolute atomic E-state index is 14.6. The molecule has 0 unspecified atom stereocenters. The Morgan fingerprint density at radius 2 is 0.719 bits per heavy atom. The number of unbranched alkanes of at least 4 members (excludes halogenated alkanes) is 4. The molecule has 0 aliphatic carbocycles. The van der Waals surface area contributed by atoms with Crippen LogP contribution in [0, 0.1) is 0 Å². The van der Waals surface area contributed by atoms with Gasteiger partial charge in [0.25, 0.3) is 0 Å². The van der Waals surface area contributed by atoms with Gasteiger partial charge in [-0.25, -0.2) is 0 Å². The van der Waals surface area contributed by atoms with Gasteiger partial charge in [0.15, 0.2) is 0 Å². The molecule has 0 spiro atoms. The molecule has 10 N–H and O–H groups in total. The monoisotopic (exact) mass is 894 g/mol. The molecule has 0 aromatic heterocycles. The summed E-state index contributed by atoms with van der Waals surface area (Å²) >= 11 is 0. The first-order valence-corrected chi connectivity index (χ1v) is 22.5. The summed E-state index contributed by atoms with van der Waals surface area (Å²) in [6.45, 7) is 5.20. The van der Waals surface area contributed by atoms with Gasteiger partial charge in [-0.15, -0.1) is 0 Å². The quantitative estimate of drug-likeness (QED) is 0.0646. The standard InChI is InChI=1S/C46H75N11O7/c1-36(39-18-6-4-7-19-39)56(30-41(51)59)45(63)33-55(29-17-13-25-50)44(62)35-57(37(2)40-20-8-5-9-21-40)46(64)34-54(28-16-12-24-49)43(61)32-53(27-15-11-23-48)42(60)31-52(38(3)58)26-14-10-22-47/h4-9,18-21,36-37H,10-17,22-35,47-50H2,1-3H3,(H2,51,59)/t36-,37-/m0/s1. The SMILES string of the molecule is CC(=O)N(CCCCN)CC(=O)N(CCCCN)CC(=O)N(CCCCN)CC(=O)N(CC(=O)N(CCCCN)CC(=O)N(CC(N)=O)[C@@H](C)c1ccccc1)[C@@H](C)c1ccccc1. The van der Waals surface area contributed by atoms with Crippen molar-refractivity contribution in [1.29, 1.82) is 0 Å². The zero-order valence-corrected chi connectivity index (χ0v) is 38.4. The average Bonchev–Trinajstić information content (AvgIpc) is 3.28. The number of primary amides is 1. The summed E-state index contributed by atoms with van der Waals surface area (Å²) in [5, 5.41) is 0. The van der Waals surface area contributed by atoms with Gasteiger partial charge in [-0.1, -0.05) is 60.7 Å². The molecule has 2 aromatic carbocycles. The molecule has 0 radical (unpaired) electrons. The van der Waals surface area contributed by atoms with E-state index in [2.05, 4.69) is 0 Å². The van der Waals surface area contributed by atoms with Crippen LogP contribution in [0.1, 0.15) is 95.3 Å². The number of benzene rings is 2. The summed E-state index contributed by atoms with van der Waals surface area (Å²) in [6, 6.07) is 17.1. The van der Waals surface area contributed by atoms with Crippen LogP contribution in [-0.2, 0) is 33.6 Å². The molecule has 0 bridgehead atoms. The molecule has 0 aliphatic rings. The number of hydrogen-bond acceptors (Lipinski definition) is 11. The first-order chi connectivity index (χ1) is 30.7. The zero-order chi connectivity index (χ0) is 47.4. The highest BCUT2D eigenvalue weighted by Crippen LogP contribution is 2.23. The second kappa shape index (κ2) is 30.6. The molecule has 0 saturated carbocycles. The van der Waals surface area contributed by atoms with Gasteiger partial charge in [0.1, 0.15) is 6.54 Å². The van der Waals surface area contributed by atoms with Gasteiger partial charge in [-0.2, -0.15) is 0 Å². The maximum atomic E-state index is 14.6. The molecular weight excluding hydrogens is 819 g/mol. The van der Waals surface area contributed by atoms with E-state index in [0.717, 1.165) is 11.1 Å². The van der Waals surface area contributed by atoms with Crippen molar-refractivity contribution in [3.05, 3.63) is 71.8 Å². The average molecular weight is 894 g/mol. The fraction of sp³-hybridized carbons (Fsp3) is 0.587. The molecule has 7 amide bonds. The lowest BCUT2D eigenvalue weighted by atomic mass is 10.1. The number of rotatable bonds is 32. The molecule has 2 atom stereocenters. The Morgan fingerprint density at radius 3 is 1.05 bits per heavy atom.